The van der Waals surface area contributed by atoms with Gasteiger partial charge in [-0.2, -0.15) is 0 Å². The summed E-state index contributed by atoms with van der Waals surface area (Å²) in [6.07, 6.45) is 0.415. The molecular weight excluding hydrogens is 374 g/mol. The summed E-state index contributed by atoms with van der Waals surface area (Å²) in [6, 6.07) is 13.3. The molecule has 1 aromatic heterocycles. The second-order valence-electron chi connectivity index (χ2n) is 6.93. The van der Waals surface area contributed by atoms with Crippen molar-refractivity contribution in [3.8, 4) is 17.2 Å². The number of benzene rings is 2. The minimum atomic E-state index is -0.379. The number of nitrogens with zero attached hydrogens (tertiary/aromatic N) is 2. The Balaban J connectivity index is 1.28. The predicted octanol–water partition coefficient (Wildman–Crippen LogP) is 3.53. The van der Waals surface area contributed by atoms with Gasteiger partial charge in [-0.1, -0.05) is 37.1 Å². The Hall–Kier alpha value is -3.55. The summed E-state index contributed by atoms with van der Waals surface area (Å²) in [5, 5.41) is 10.3. The second kappa shape index (κ2) is 8.22. The second-order valence-corrected chi connectivity index (χ2v) is 6.93. The maximum absolute atomic E-state index is 12.1. The first-order valence-electron chi connectivity index (χ1n) is 9.30. The van der Waals surface area contributed by atoms with Gasteiger partial charge >= 0.3 is 6.01 Å². The first-order valence-corrected chi connectivity index (χ1v) is 9.30. The number of fused-ring (bicyclic) bond motifs is 1. The maximum Gasteiger partial charge on any atom is 0.322 e. The molecule has 0 saturated heterocycles. The predicted molar refractivity (Wildman–Crippen MR) is 104 cm³/mol. The summed E-state index contributed by atoms with van der Waals surface area (Å²) in [6.45, 7) is 4.31. The van der Waals surface area contributed by atoms with Crippen LogP contribution >= 0.6 is 0 Å². The third-order valence-corrected chi connectivity index (χ3v) is 4.42. The van der Waals surface area contributed by atoms with Gasteiger partial charge in [0.1, 0.15) is 5.75 Å². The highest BCUT2D eigenvalue weighted by Gasteiger charge is 2.15. The fraction of sp³-hybridized carbons (Fsp3) is 0.286. The topological polar surface area (TPSA) is 95.7 Å². The number of ether oxygens (including phenoxy) is 3. The fourth-order valence-corrected chi connectivity index (χ4v) is 2.85. The number of rotatable bonds is 7. The molecule has 29 heavy (non-hydrogen) atoms. The lowest BCUT2D eigenvalue weighted by molar-refractivity contribution is -0.118. The van der Waals surface area contributed by atoms with Gasteiger partial charge in [-0.05, 0) is 41.3 Å². The zero-order valence-corrected chi connectivity index (χ0v) is 16.2. The Bertz CT molecular complexity index is 998. The largest absolute Gasteiger partial charge is 0.484 e. The van der Waals surface area contributed by atoms with Gasteiger partial charge in [0.15, 0.2) is 18.1 Å². The van der Waals surface area contributed by atoms with E-state index in [1.807, 2.05) is 42.5 Å². The van der Waals surface area contributed by atoms with E-state index >= 15 is 0 Å². The summed E-state index contributed by atoms with van der Waals surface area (Å²) >= 11 is 0. The first kappa shape index (κ1) is 18.8. The number of hydrogen-bond donors (Lipinski definition) is 1. The number of anilines is 1. The monoisotopic (exact) mass is 395 g/mol. The van der Waals surface area contributed by atoms with Crippen molar-refractivity contribution in [1.29, 1.82) is 0 Å². The number of nitrogens with one attached hydrogen (secondary N) is 1. The molecular formula is C21H21N3O5. The third kappa shape index (κ3) is 4.66. The fourth-order valence-electron chi connectivity index (χ4n) is 2.85. The molecule has 2 aromatic carbocycles. The van der Waals surface area contributed by atoms with Crippen molar-refractivity contribution in [1.82, 2.24) is 10.2 Å². The smallest absolute Gasteiger partial charge is 0.322 e. The number of carbonyl (C=O) groups is 1. The van der Waals surface area contributed by atoms with E-state index < -0.39 is 0 Å². The molecule has 0 unspecified atom stereocenters. The third-order valence-electron chi connectivity index (χ3n) is 4.42. The van der Waals surface area contributed by atoms with E-state index in [-0.39, 0.29) is 25.3 Å². The van der Waals surface area contributed by atoms with E-state index in [0.717, 1.165) is 5.56 Å². The van der Waals surface area contributed by atoms with Crippen LogP contribution in [0.4, 0.5) is 6.01 Å². The van der Waals surface area contributed by atoms with Crippen LogP contribution in [0, 0.1) is 0 Å². The zero-order valence-electron chi connectivity index (χ0n) is 16.2. The molecule has 0 bridgehead atoms. The number of carbonyl (C=O) groups excluding carboxylic acids is 1. The van der Waals surface area contributed by atoms with Crippen LogP contribution in [0.5, 0.6) is 17.2 Å². The van der Waals surface area contributed by atoms with Gasteiger partial charge in [0.25, 0.3) is 5.91 Å². The van der Waals surface area contributed by atoms with Gasteiger partial charge in [0.05, 0.1) is 6.42 Å². The average Bonchev–Trinajstić information content (AvgIpc) is 3.35. The quantitative estimate of drug-likeness (QED) is 0.654. The Kier molecular flexibility index (Phi) is 5.33. The van der Waals surface area contributed by atoms with Gasteiger partial charge < -0.3 is 18.6 Å². The van der Waals surface area contributed by atoms with Crippen LogP contribution in [0.25, 0.3) is 0 Å². The molecule has 1 N–H and O–H groups in total. The van der Waals surface area contributed by atoms with Crippen molar-refractivity contribution in [2.45, 2.75) is 26.2 Å². The lowest BCUT2D eigenvalue weighted by Crippen LogP contribution is -2.20. The van der Waals surface area contributed by atoms with Crippen LogP contribution in [0.3, 0.4) is 0 Å². The van der Waals surface area contributed by atoms with Crippen LogP contribution in [0.1, 0.15) is 36.8 Å². The summed E-state index contributed by atoms with van der Waals surface area (Å²) in [7, 11) is 0. The van der Waals surface area contributed by atoms with Gasteiger partial charge in [-0.3, -0.25) is 10.1 Å². The van der Waals surface area contributed by atoms with E-state index in [2.05, 4.69) is 29.4 Å². The Morgan fingerprint density at radius 3 is 2.69 bits per heavy atom. The molecule has 0 spiro atoms. The highest BCUT2D eigenvalue weighted by molar-refractivity contribution is 5.89. The van der Waals surface area contributed by atoms with E-state index in [1.165, 1.54) is 5.56 Å². The normalized spacial score (nSPS) is 12.2. The van der Waals surface area contributed by atoms with Gasteiger partial charge in [0.2, 0.25) is 12.7 Å². The Labute approximate surface area is 167 Å². The van der Waals surface area contributed by atoms with Crippen molar-refractivity contribution in [2.75, 3.05) is 18.7 Å². The number of aromatic nitrogens is 2. The number of hydrogen-bond acceptors (Lipinski definition) is 7. The van der Waals surface area contributed by atoms with Gasteiger partial charge in [0, 0.05) is 0 Å². The molecule has 0 fully saturated rings. The van der Waals surface area contributed by atoms with Crippen molar-refractivity contribution < 1.29 is 23.4 Å². The summed E-state index contributed by atoms with van der Waals surface area (Å²) < 4.78 is 21.6. The van der Waals surface area contributed by atoms with E-state index in [1.54, 1.807) is 0 Å². The SMILES string of the molecule is CC(C)c1ccc(OCC(=O)Nc2nnc(Cc3ccc4c(c3)OCO4)o2)cc1. The highest BCUT2D eigenvalue weighted by atomic mass is 16.7. The molecule has 1 amide bonds. The molecule has 2 heterocycles. The molecule has 1 aliphatic heterocycles. The lowest BCUT2D eigenvalue weighted by atomic mass is 10.0. The number of amides is 1. The Morgan fingerprint density at radius 1 is 1.10 bits per heavy atom. The molecule has 1 aliphatic rings. The molecule has 0 saturated carbocycles. The van der Waals surface area contributed by atoms with Crippen molar-refractivity contribution in [2.24, 2.45) is 0 Å². The van der Waals surface area contributed by atoms with Crippen LogP contribution in [-0.2, 0) is 11.2 Å². The average molecular weight is 395 g/mol. The van der Waals surface area contributed by atoms with Crippen molar-refractivity contribution >= 4 is 11.9 Å². The van der Waals surface area contributed by atoms with Crippen LogP contribution in [-0.4, -0.2) is 29.5 Å². The lowest BCUT2D eigenvalue weighted by Gasteiger charge is -2.08. The molecule has 0 aliphatic carbocycles. The Morgan fingerprint density at radius 2 is 1.90 bits per heavy atom. The van der Waals surface area contributed by atoms with Crippen molar-refractivity contribution in [3.05, 3.63) is 59.5 Å². The summed E-state index contributed by atoms with van der Waals surface area (Å²) in [4.78, 5) is 12.1. The van der Waals surface area contributed by atoms with Gasteiger partial charge in [-0.25, -0.2) is 0 Å². The molecule has 0 atom stereocenters. The first-order chi connectivity index (χ1) is 14.1. The summed E-state index contributed by atoms with van der Waals surface area (Å²) in [5.41, 5.74) is 2.15. The molecule has 4 rings (SSSR count). The minimum absolute atomic E-state index is 0.0319. The molecule has 8 nitrogen and oxygen atoms in total. The van der Waals surface area contributed by atoms with Crippen molar-refractivity contribution in [3.63, 3.8) is 0 Å². The maximum atomic E-state index is 12.1. The van der Waals surface area contributed by atoms with Crippen LogP contribution < -0.4 is 19.5 Å². The van der Waals surface area contributed by atoms with E-state index in [4.69, 9.17) is 18.6 Å². The molecule has 0 radical (unpaired) electrons. The molecule has 150 valence electrons. The highest BCUT2D eigenvalue weighted by Crippen LogP contribution is 2.33. The standard InChI is InChI=1S/C21H21N3O5/c1-13(2)15-4-6-16(7-5-15)26-11-19(25)22-21-24-23-20(29-21)10-14-3-8-17-18(9-14)28-12-27-17/h3-9,13H,10-12H2,1-2H3,(H,22,24,25). The zero-order chi connectivity index (χ0) is 20.2. The molecule has 3 aromatic rings. The van der Waals surface area contributed by atoms with Crippen LogP contribution in [0.2, 0.25) is 0 Å². The molecule has 8 heteroatoms. The van der Waals surface area contributed by atoms with Gasteiger partial charge in [-0.15, -0.1) is 5.10 Å². The summed E-state index contributed by atoms with van der Waals surface area (Å²) in [5.74, 6) is 2.47. The van der Waals surface area contributed by atoms with E-state index in [9.17, 15) is 4.79 Å². The van der Waals surface area contributed by atoms with E-state index in [0.29, 0.717) is 35.5 Å². The van der Waals surface area contributed by atoms with Crippen LogP contribution in [0.15, 0.2) is 46.9 Å². The minimum Gasteiger partial charge on any atom is -0.484 e.